The molecule has 0 spiro atoms. The Hall–Kier alpha value is -3.08. The van der Waals surface area contributed by atoms with E-state index in [4.69, 9.17) is 5.73 Å². The second kappa shape index (κ2) is 5.37. The highest BCUT2D eigenvalue weighted by molar-refractivity contribution is 6.18. The molecule has 0 saturated carbocycles. The molecule has 2 aromatic carbocycles. The van der Waals surface area contributed by atoms with Crippen LogP contribution >= 0.6 is 0 Å². The van der Waals surface area contributed by atoms with E-state index in [2.05, 4.69) is 10.3 Å². The van der Waals surface area contributed by atoms with Crippen molar-refractivity contribution in [3.8, 4) is 0 Å². The van der Waals surface area contributed by atoms with Gasteiger partial charge in [-0.05, 0) is 18.2 Å². The second-order valence-corrected chi connectivity index (χ2v) is 5.06. The van der Waals surface area contributed by atoms with Crippen molar-refractivity contribution in [1.82, 2.24) is 4.98 Å². The maximum absolute atomic E-state index is 12.7. The van der Waals surface area contributed by atoms with Crippen molar-refractivity contribution in [2.75, 3.05) is 11.1 Å². The molecule has 22 heavy (non-hydrogen) atoms. The molecule has 0 atom stereocenters. The van der Waals surface area contributed by atoms with E-state index in [0.717, 1.165) is 5.39 Å². The van der Waals surface area contributed by atoms with Crippen LogP contribution in [0.25, 0.3) is 10.9 Å². The highest BCUT2D eigenvalue weighted by Gasteiger charge is 2.20. The molecule has 0 aliphatic carbocycles. The zero-order chi connectivity index (χ0) is 15.7. The van der Waals surface area contributed by atoms with Crippen LogP contribution in [0.4, 0.5) is 11.4 Å². The van der Waals surface area contributed by atoms with Gasteiger partial charge in [0.25, 0.3) is 0 Å². The van der Waals surface area contributed by atoms with Crippen molar-refractivity contribution in [3.05, 3.63) is 59.8 Å². The number of H-pyrrole nitrogens is 1. The lowest BCUT2D eigenvalue weighted by Crippen LogP contribution is -2.11. The number of anilines is 2. The van der Waals surface area contributed by atoms with Crippen LogP contribution in [0, 0.1) is 0 Å². The number of ketones is 1. The first-order valence-corrected chi connectivity index (χ1v) is 6.85. The number of nitrogen functional groups attached to an aromatic ring is 1. The van der Waals surface area contributed by atoms with Crippen LogP contribution in [0.5, 0.6) is 0 Å². The topological polar surface area (TPSA) is 88.0 Å². The quantitative estimate of drug-likeness (QED) is 0.512. The van der Waals surface area contributed by atoms with Gasteiger partial charge in [0, 0.05) is 23.6 Å². The third-order valence-electron chi connectivity index (χ3n) is 3.39. The molecular weight excluding hydrogens is 278 g/mol. The van der Waals surface area contributed by atoms with Gasteiger partial charge in [-0.1, -0.05) is 30.3 Å². The fraction of sp³-hybridized carbons (Fsp3) is 0.0588. The molecular formula is C17H15N3O2. The summed E-state index contributed by atoms with van der Waals surface area (Å²) in [6.07, 6.45) is 0. The summed E-state index contributed by atoms with van der Waals surface area (Å²) in [4.78, 5) is 27.2. The maximum atomic E-state index is 12.7. The van der Waals surface area contributed by atoms with Crippen LogP contribution in [0.2, 0.25) is 0 Å². The van der Waals surface area contributed by atoms with Gasteiger partial charge in [-0.3, -0.25) is 9.59 Å². The number of hydrogen-bond donors (Lipinski definition) is 3. The fourth-order valence-corrected chi connectivity index (χ4v) is 2.43. The summed E-state index contributed by atoms with van der Waals surface area (Å²) in [5, 5.41) is 3.49. The molecule has 0 saturated heterocycles. The third kappa shape index (κ3) is 2.44. The SMILES string of the molecule is CC(=O)Nc1c(C(=O)c2ccccc2)[nH]c2cc(N)ccc12. The van der Waals surface area contributed by atoms with E-state index < -0.39 is 0 Å². The number of amides is 1. The zero-order valence-corrected chi connectivity index (χ0v) is 12.0. The summed E-state index contributed by atoms with van der Waals surface area (Å²) in [5.41, 5.74) is 8.46. The van der Waals surface area contributed by atoms with Crippen LogP contribution in [-0.2, 0) is 4.79 Å². The standard InChI is InChI=1S/C17H15N3O2/c1-10(21)19-15-13-8-7-12(18)9-14(13)20-16(15)17(22)11-5-3-2-4-6-11/h2-9,20H,18H2,1H3,(H,19,21). The number of benzene rings is 2. The van der Waals surface area contributed by atoms with Crippen molar-refractivity contribution in [1.29, 1.82) is 0 Å². The smallest absolute Gasteiger partial charge is 0.221 e. The van der Waals surface area contributed by atoms with Gasteiger partial charge in [0.1, 0.15) is 5.69 Å². The first kappa shape index (κ1) is 13.9. The summed E-state index contributed by atoms with van der Waals surface area (Å²) in [5.74, 6) is -0.418. The summed E-state index contributed by atoms with van der Waals surface area (Å²) < 4.78 is 0. The Morgan fingerprint density at radius 2 is 1.82 bits per heavy atom. The first-order valence-electron chi connectivity index (χ1n) is 6.85. The summed E-state index contributed by atoms with van der Waals surface area (Å²) in [6, 6.07) is 14.2. The van der Waals surface area contributed by atoms with E-state index in [1.807, 2.05) is 6.07 Å². The average molecular weight is 293 g/mol. The number of hydrogen-bond acceptors (Lipinski definition) is 3. The zero-order valence-electron chi connectivity index (χ0n) is 12.0. The number of nitrogens with one attached hydrogen (secondary N) is 2. The molecule has 110 valence electrons. The van der Waals surface area contributed by atoms with Gasteiger partial charge in [-0.2, -0.15) is 0 Å². The van der Waals surface area contributed by atoms with Crippen LogP contribution in [0.15, 0.2) is 48.5 Å². The average Bonchev–Trinajstić information content (AvgIpc) is 2.84. The minimum absolute atomic E-state index is 0.181. The Kier molecular flexibility index (Phi) is 3.39. The number of fused-ring (bicyclic) bond motifs is 1. The van der Waals surface area contributed by atoms with Crippen LogP contribution in [-0.4, -0.2) is 16.7 Å². The molecule has 5 heteroatoms. The van der Waals surface area contributed by atoms with Crippen molar-refractivity contribution in [3.63, 3.8) is 0 Å². The van der Waals surface area contributed by atoms with Gasteiger partial charge in [-0.25, -0.2) is 0 Å². The minimum Gasteiger partial charge on any atom is -0.399 e. The number of carbonyl (C=O) groups is 2. The van der Waals surface area contributed by atoms with E-state index in [9.17, 15) is 9.59 Å². The maximum Gasteiger partial charge on any atom is 0.221 e. The molecule has 0 radical (unpaired) electrons. The summed E-state index contributed by atoms with van der Waals surface area (Å²) in [7, 11) is 0. The number of carbonyl (C=O) groups excluding carboxylic acids is 2. The second-order valence-electron chi connectivity index (χ2n) is 5.06. The van der Waals surface area contributed by atoms with Gasteiger partial charge in [0.2, 0.25) is 11.7 Å². The van der Waals surface area contributed by atoms with Gasteiger partial charge in [0.05, 0.1) is 11.2 Å². The summed E-state index contributed by atoms with van der Waals surface area (Å²) >= 11 is 0. The van der Waals surface area contributed by atoms with Gasteiger partial charge < -0.3 is 16.0 Å². The first-order chi connectivity index (χ1) is 10.6. The van der Waals surface area contributed by atoms with E-state index in [-0.39, 0.29) is 11.7 Å². The molecule has 1 amide bonds. The minimum atomic E-state index is -0.236. The molecule has 0 bridgehead atoms. The Balaban J connectivity index is 2.19. The highest BCUT2D eigenvalue weighted by atomic mass is 16.1. The number of nitrogens with two attached hydrogens (primary N) is 1. The van der Waals surface area contributed by atoms with E-state index in [1.165, 1.54) is 6.92 Å². The molecule has 1 aromatic heterocycles. The fourth-order valence-electron chi connectivity index (χ4n) is 2.43. The van der Waals surface area contributed by atoms with Gasteiger partial charge in [0.15, 0.2) is 0 Å². The van der Waals surface area contributed by atoms with Crippen molar-refractivity contribution >= 4 is 34.0 Å². The van der Waals surface area contributed by atoms with Crippen molar-refractivity contribution in [2.45, 2.75) is 6.92 Å². The lowest BCUT2D eigenvalue weighted by atomic mass is 10.1. The van der Waals surface area contributed by atoms with Gasteiger partial charge in [-0.15, -0.1) is 0 Å². The van der Waals surface area contributed by atoms with Crippen molar-refractivity contribution < 1.29 is 9.59 Å². The molecule has 3 rings (SSSR count). The predicted molar refractivity (Wildman–Crippen MR) is 86.9 cm³/mol. The van der Waals surface area contributed by atoms with Crippen molar-refractivity contribution in [2.24, 2.45) is 0 Å². The predicted octanol–water partition coefficient (Wildman–Crippen LogP) is 2.94. The lowest BCUT2D eigenvalue weighted by Gasteiger charge is -2.05. The summed E-state index contributed by atoms with van der Waals surface area (Å²) in [6.45, 7) is 1.41. The molecule has 5 nitrogen and oxygen atoms in total. The highest BCUT2D eigenvalue weighted by Crippen LogP contribution is 2.30. The molecule has 0 aliphatic rings. The normalized spacial score (nSPS) is 10.6. The molecule has 0 aliphatic heterocycles. The Morgan fingerprint density at radius 3 is 2.50 bits per heavy atom. The molecule has 0 unspecified atom stereocenters. The van der Waals surface area contributed by atoms with E-state index in [0.29, 0.717) is 28.1 Å². The molecule has 1 heterocycles. The number of rotatable bonds is 3. The van der Waals surface area contributed by atoms with Crippen LogP contribution < -0.4 is 11.1 Å². The monoisotopic (exact) mass is 293 g/mol. The number of aromatic amines is 1. The van der Waals surface area contributed by atoms with E-state index >= 15 is 0 Å². The Bertz CT molecular complexity index is 866. The largest absolute Gasteiger partial charge is 0.399 e. The molecule has 4 N–H and O–H groups in total. The number of aromatic nitrogens is 1. The van der Waals surface area contributed by atoms with Crippen LogP contribution in [0.3, 0.4) is 0 Å². The third-order valence-corrected chi connectivity index (χ3v) is 3.39. The Morgan fingerprint density at radius 1 is 1.09 bits per heavy atom. The lowest BCUT2D eigenvalue weighted by molar-refractivity contribution is -0.114. The molecule has 3 aromatic rings. The molecule has 0 fully saturated rings. The van der Waals surface area contributed by atoms with Crippen LogP contribution in [0.1, 0.15) is 23.0 Å². The Labute approximate surface area is 127 Å². The van der Waals surface area contributed by atoms with Gasteiger partial charge >= 0.3 is 0 Å². The van der Waals surface area contributed by atoms with E-state index in [1.54, 1.807) is 42.5 Å².